The second-order valence-electron chi connectivity index (χ2n) is 7.42. The molecule has 3 aliphatic rings. The summed E-state index contributed by atoms with van der Waals surface area (Å²) in [5.74, 6) is 3.08. The quantitative estimate of drug-likeness (QED) is 0.908. The monoisotopic (exact) mass is 299 g/mol. The van der Waals surface area contributed by atoms with Crippen LogP contribution in [0, 0.1) is 23.7 Å². The van der Waals surface area contributed by atoms with Gasteiger partial charge in [-0.15, -0.1) is 11.3 Å². The first-order valence-corrected chi connectivity index (χ1v) is 9.11. The number of benzene rings is 1. The van der Waals surface area contributed by atoms with E-state index in [1.807, 2.05) is 6.07 Å². The second kappa shape index (κ2) is 4.30. The van der Waals surface area contributed by atoms with E-state index in [0.717, 1.165) is 41.1 Å². The van der Waals surface area contributed by atoms with E-state index in [0.29, 0.717) is 5.92 Å². The fourth-order valence-electron chi connectivity index (χ4n) is 5.70. The highest BCUT2D eigenvalue weighted by Crippen LogP contribution is 2.63. The molecule has 5 atom stereocenters. The topological polar surface area (TPSA) is 33.1 Å². The largest absolute Gasteiger partial charge is 0.389 e. The molecule has 0 radical (unpaired) electrons. The van der Waals surface area contributed by atoms with Crippen molar-refractivity contribution in [1.29, 1.82) is 0 Å². The zero-order chi connectivity index (χ0) is 14.0. The van der Waals surface area contributed by atoms with Gasteiger partial charge < -0.3 is 5.11 Å². The molecule has 1 heterocycles. The zero-order valence-electron chi connectivity index (χ0n) is 12.2. The first-order valence-electron chi connectivity index (χ1n) is 8.30. The Kier molecular flexibility index (Phi) is 2.58. The number of nitrogens with zero attached hydrogens (tertiary/aromatic N) is 1. The van der Waals surface area contributed by atoms with Crippen LogP contribution in [-0.2, 0) is 6.42 Å². The third-order valence-corrected chi connectivity index (χ3v) is 7.44. The Balaban J connectivity index is 1.45. The first kappa shape index (κ1) is 12.6. The molecule has 5 unspecified atom stereocenters. The molecule has 1 N–H and O–H groups in total. The van der Waals surface area contributed by atoms with Gasteiger partial charge in [0.1, 0.15) is 0 Å². The highest BCUT2D eigenvalue weighted by molar-refractivity contribution is 7.18. The summed E-state index contributed by atoms with van der Waals surface area (Å²) in [7, 11) is 0. The van der Waals surface area contributed by atoms with Gasteiger partial charge in [-0.2, -0.15) is 0 Å². The molecule has 2 bridgehead atoms. The van der Waals surface area contributed by atoms with Gasteiger partial charge in [-0.25, -0.2) is 4.98 Å². The molecule has 0 aliphatic heterocycles. The van der Waals surface area contributed by atoms with Crippen LogP contribution in [0.1, 0.15) is 37.1 Å². The molecule has 1 aromatic carbocycles. The van der Waals surface area contributed by atoms with Crippen molar-refractivity contribution in [2.24, 2.45) is 23.7 Å². The maximum Gasteiger partial charge on any atom is 0.0967 e. The molecule has 110 valence electrons. The van der Waals surface area contributed by atoms with Gasteiger partial charge in [0.05, 0.1) is 20.8 Å². The van der Waals surface area contributed by atoms with E-state index in [9.17, 15) is 5.11 Å². The molecule has 3 heteroatoms. The fourth-order valence-corrected chi connectivity index (χ4v) is 6.78. The number of aromatic nitrogens is 1. The normalized spacial score (nSPS) is 41.0. The van der Waals surface area contributed by atoms with Gasteiger partial charge in [-0.3, -0.25) is 0 Å². The molecule has 0 saturated heterocycles. The van der Waals surface area contributed by atoms with Crippen LogP contribution in [0.3, 0.4) is 0 Å². The highest BCUT2D eigenvalue weighted by Gasteiger charge is 2.60. The zero-order valence-corrected chi connectivity index (χ0v) is 13.0. The summed E-state index contributed by atoms with van der Waals surface area (Å²) in [4.78, 5) is 4.75. The van der Waals surface area contributed by atoms with Crippen LogP contribution in [0.4, 0.5) is 0 Å². The Hall–Kier alpha value is -0.930. The molecule has 21 heavy (non-hydrogen) atoms. The van der Waals surface area contributed by atoms with Crippen molar-refractivity contribution in [2.75, 3.05) is 0 Å². The van der Waals surface area contributed by atoms with E-state index in [2.05, 4.69) is 18.2 Å². The number of thiazole rings is 1. The van der Waals surface area contributed by atoms with Crippen LogP contribution in [0.5, 0.6) is 0 Å². The first-order chi connectivity index (χ1) is 10.2. The van der Waals surface area contributed by atoms with E-state index in [1.165, 1.54) is 30.4 Å². The molecular weight excluding hydrogens is 278 g/mol. The number of rotatable bonds is 2. The summed E-state index contributed by atoms with van der Waals surface area (Å²) in [6.07, 6.45) is 7.23. The van der Waals surface area contributed by atoms with Gasteiger partial charge >= 0.3 is 0 Å². The number of hydrogen-bond donors (Lipinski definition) is 1. The number of hydrogen-bond acceptors (Lipinski definition) is 3. The number of aliphatic hydroxyl groups is 1. The Bertz CT molecular complexity index is 662. The maximum absolute atomic E-state index is 11.3. The lowest BCUT2D eigenvalue weighted by Gasteiger charge is -2.38. The number of para-hydroxylation sites is 1. The van der Waals surface area contributed by atoms with E-state index in [4.69, 9.17) is 4.98 Å². The second-order valence-corrected chi connectivity index (χ2v) is 8.54. The average molecular weight is 299 g/mol. The van der Waals surface area contributed by atoms with Crippen LogP contribution in [0.25, 0.3) is 10.2 Å². The van der Waals surface area contributed by atoms with Crippen LogP contribution in [0.2, 0.25) is 0 Å². The van der Waals surface area contributed by atoms with Gasteiger partial charge in [-0.1, -0.05) is 18.6 Å². The Labute approximate surface area is 129 Å². The van der Waals surface area contributed by atoms with Crippen molar-refractivity contribution >= 4 is 21.6 Å². The number of fused-ring (bicyclic) bond motifs is 6. The SMILES string of the molecule is OC1(Cc2nc3ccccc3s2)CC2CC1C1CCCC21. The molecule has 2 aromatic rings. The smallest absolute Gasteiger partial charge is 0.0967 e. The van der Waals surface area contributed by atoms with Crippen LogP contribution < -0.4 is 0 Å². The van der Waals surface area contributed by atoms with Crippen molar-refractivity contribution < 1.29 is 5.11 Å². The summed E-state index contributed by atoms with van der Waals surface area (Å²) in [6, 6.07) is 8.32. The predicted octanol–water partition coefficient (Wildman–Crippen LogP) is 4.03. The molecule has 1 aromatic heterocycles. The fraction of sp³-hybridized carbons (Fsp3) is 0.611. The van der Waals surface area contributed by atoms with Gasteiger partial charge in [0.15, 0.2) is 0 Å². The lowest BCUT2D eigenvalue weighted by atomic mass is 9.72. The van der Waals surface area contributed by atoms with Gasteiger partial charge in [-0.05, 0) is 61.5 Å². The Morgan fingerprint density at radius 3 is 3.00 bits per heavy atom. The molecule has 2 nitrogen and oxygen atoms in total. The Morgan fingerprint density at radius 1 is 1.24 bits per heavy atom. The minimum absolute atomic E-state index is 0.468. The lowest BCUT2D eigenvalue weighted by Crippen LogP contribution is -2.43. The van der Waals surface area contributed by atoms with Crippen molar-refractivity contribution in [3.63, 3.8) is 0 Å². The standard InChI is InChI=1S/C18H21NOS/c20-18(9-11-8-14(18)13-5-3-4-12(11)13)10-17-19-15-6-1-2-7-16(15)21-17/h1-2,6-7,11-14,20H,3-5,8-10H2. The van der Waals surface area contributed by atoms with Crippen LogP contribution in [0.15, 0.2) is 24.3 Å². The van der Waals surface area contributed by atoms with Crippen molar-refractivity contribution in [3.8, 4) is 0 Å². The van der Waals surface area contributed by atoms with E-state index in [1.54, 1.807) is 11.3 Å². The maximum atomic E-state index is 11.3. The third kappa shape index (κ3) is 1.77. The van der Waals surface area contributed by atoms with E-state index < -0.39 is 5.60 Å². The van der Waals surface area contributed by atoms with E-state index >= 15 is 0 Å². The summed E-state index contributed by atoms with van der Waals surface area (Å²) in [5.41, 5.74) is 0.618. The van der Waals surface area contributed by atoms with Crippen molar-refractivity contribution in [1.82, 2.24) is 4.98 Å². The van der Waals surface area contributed by atoms with Crippen molar-refractivity contribution in [3.05, 3.63) is 29.3 Å². The van der Waals surface area contributed by atoms with E-state index in [-0.39, 0.29) is 0 Å². The van der Waals surface area contributed by atoms with Gasteiger partial charge in [0.2, 0.25) is 0 Å². The molecular formula is C18H21NOS. The minimum atomic E-state index is -0.468. The molecule has 0 spiro atoms. The third-order valence-electron chi connectivity index (χ3n) is 6.41. The van der Waals surface area contributed by atoms with Crippen LogP contribution in [-0.4, -0.2) is 15.7 Å². The Morgan fingerprint density at radius 2 is 2.10 bits per heavy atom. The predicted molar refractivity (Wildman–Crippen MR) is 85.3 cm³/mol. The molecule has 0 amide bonds. The average Bonchev–Trinajstić information content (AvgIpc) is 3.16. The summed E-state index contributed by atoms with van der Waals surface area (Å²) in [5, 5.41) is 12.4. The van der Waals surface area contributed by atoms with Crippen molar-refractivity contribution in [2.45, 2.75) is 44.1 Å². The molecule has 3 saturated carbocycles. The summed E-state index contributed by atoms with van der Waals surface area (Å²) in [6.45, 7) is 0. The summed E-state index contributed by atoms with van der Waals surface area (Å²) >= 11 is 1.76. The molecule has 3 aliphatic carbocycles. The summed E-state index contributed by atoms with van der Waals surface area (Å²) < 4.78 is 1.25. The minimum Gasteiger partial charge on any atom is -0.389 e. The lowest BCUT2D eigenvalue weighted by molar-refractivity contribution is -0.0450. The van der Waals surface area contributed by atoms with Gasteiger partial charge in [0.25, 0.3) is 0 Å². The molecule has 5 rings (SSSR count). The van der Waals surface area contributed by atoms with Crippen LogP contribution >= 0.6 is 11.3 Å². The van der Waals surface area contributed by atoms with Gasteiger partial charge in [0, 0.05) is 6.42 Å². The molecule has 3 fully saturated rings. The highest BCUT2D eigenvalue weighted by atomic mass is 32.1.